The number of anilines is 2. The molecule has 1 aliphatic rings. The molecule has 1 aliphatic heterocycles. The van der Waals surface area contributed by atoms with Crippen molar-refractivity contribution < 1.29 is 19.2 Å². The molecule has 0 unspecified atom stereocenters. The van der Waals surface area contributed by atoms with Crippen molar-refractivity contribution in [3.63, 3.8) is 0 Å². The molecule has 2 aromatic carbocycles. The Morgan fingerprint density at radius 2 is 1.71 bits per heavy atom. The Bertz CT molecular complexity index is 879. The van der Waals surface area contributed by atoms with E-state index in [1.165, 1.54) is 4.90 Å². The number of amides is 2. The summed E-state index contributed by atoms with van der Waals surface area (Å²) < 4.78 is 5.74. The number of hydrogen-bond donors (Lipinski definition) is 3. The van der Waals surface area contributed by atoms with Crippen LogP contribution in [0, 0.1) is 0 Å². The zero-order valence-electron chi connectivity index (χ0n) is 18.4. The van der Waals surface area contributed by atoms with E-state index in [4.69, 9.17) is 4.74 Å². The van der Waals surface area contributed by atoms with Gasteiger partial charge in [0, 0.05) is 5.69 Å². The lowest BCUT2D eigenvalue weighted by atomic mass is 10.1. The Balaban J connectivity index is 1.41. The van der Waals surface area contributed by atoms with Gasteiger partial charge in [-0.1, -0.05) is 37.3 Å². The van der Waals surface area contributed by atoms with E-state index < -0.39 is 0 Å². The fourth-order valence-corrected chi connectivity index (χ4v) is 3.85. The number of carbonyl (C=O) groups is 2. The third-order valence-electron chi connectivity index (χ3n) is 5.51. The van der Waals surface area contributed by atoms with Crippen LogP contribution >= 0.6 is 0 Å². The summed E-state index contributed by atoms with van der Waals surface area (Å²) in [5.74, 6) is 0.598. The van der Waals surface area contributed by atoms with Gasteiger partial charge in [0.25, 0.3) is 5.91 Å². The third kappa shape index (κ3) is 6.46. The van der Waals surface area contributed by atoms with Crippen LogP contribution in [-0.4, -0.2) is 57.7 Å². The van der Waals surface area contributed by atoms with E-state index in [1.807, 2.05) is 56.3 Å². The Labute approximate surface area is 184 Å². The average molecular weight is 426 g/mol. The van der Waals surface area contributed by atoms with Gasteiger partial charge in [-0.15, -0.1) is 0 Å². The maximum absolute atomic E-state index is 12.3. The molecule has 2 amide bonds. The summed E-state index contributed by atoms with van der Waals surface area (Å²) in [7, 11) is 0. The Morgan fingerprint density at radius 1 is 1.00 bits per heavy atom. The summed E-state index contributed by atoms with van der Waals surface area (Å²) in [4.78, 5) is 28.1. The van der Waals surface area contributed by atoms with E-state index in [1.54, 1.807) is 0 Å². The molecule has 0 atom stereocenters. The van der Waals surface area contributed by atoms with Gasteiger partial charge >= 0.3 is 0 Å². The largest absolute Gasteiger partial charge is 0.492 e. The molecule has 0 saturated carbocycles. The third-order valence-corrected chi connectivity index (χ3v) is 5.51. The van der Waals surface area contributed by atoms with Gasteiger partial charge in [-0.05, 0) is 37.1 Å². The number of nitrogens with one attached hydrogen (secondary N) is 3. The highest BCUT2D eigenvalue weighted by Crippen LogP contribution is 2.27. The molecule has 0 aromatic heterocycles. The lowest BCUT2D eigenvalue weighted by Gasteiger charge is -2.34. The normalized spacial score (nSPS) is 14.2. The molecule has 0 bridgehead atoms. The van der Waals surface area contributed by atoms with Crippen LogP contribution in [0.4, 0.5) is 11.4 Å². The van der Waals surface area contributed by atoms with Gasteiger partial charge in [0.2, 0.25) is 5.91 Å². The fraction of sp³-hybridized carbons (Fsp3) is 0.417. The van der Waals surface area contributed by atoms with E-state index in [9.17, 15) is 9.59 Å². The van der Waals surface area contributed by atoms with Crippen LogP contribution in [0.1, 0.15) is 19.4 Å². The Hall–Kier alpha value is -3.06. The number of para-hydroxylation sites is 3. The van der Waals surface area contributed by atoms with Crippen LogP contribution in [0.25, 0.3) is 0 Å². The zero-order chi connectivity index (χ0) is 22.1. The van der Waals surface area contributed by atoms with Gasteiger partial charge in [-0.3, -0.25) is 9.59 Å². The summed E-state index contributed by atoms with van der Waals surface area (Å²) in [5, 5.41) is 5.63. The van der Waals surface area contributed by atoms with Gasteiger partial charge in [0.05, 0.1) is 45.0 Å². The number of ether oxygens (including phenoxy) is 1. The molecule has 7 heteroatoms. The summed E-state index contributed by atoms with van der Waals surface area (Å²) in [6.07, 6.45) is 0.840. The first-order chi connectivity index (χ1) is 15.1. The molecule has 0 radical (unpaired) electrons. The predicted molar refractivity (Wildman–Crippen MR) is 123 cm³/mol. The van der Waals surface area contributed by atoms with Gasteiger partial charge in [0.15, 0.2) is 6.54 Å². The maximum Gasteiger partial charge on any atom is 0.275 e. The number of benzene rings is 2. The van der Waals surface area contributed by atoms with E-state index in [0.29, 0.717) is 13.2 Å². The van der Waals surface area contributed by atoms with Crippen LogP contribution in [0.15, 0.2) is 48.5 Å². The molecule has 1 heterocycles. The van der Waals surface area contributed by atoms with Gasteiger partial charge in [-0.2, -0.15) is 0 Å². The summed E-state index contributed by atoms with van der Waals surface area (Å²) in [5.41, 5.74) is 2.99. The quantitative estimate of drug-likeness (QED) is 0.563. The van der Waals surface area contributed by atoms with E-state index >= 15 is 0 Å². The van der Waals surface area contributed by atoms with Crippen molar-refractivity contribution in [2.24, 2.45) is 0 Å². The topological polar surface area (TPSA) is 75.1 Å². The summed E-state index contributed by atoms with van der Waals surface area (Å²) in [6, 6.07) is 15.8. The van der Waals surface area contributed by atoms with E-state index in [2.05, 4.69) is 21.6 Å². The van der Waals surface area contributed by atoms with E-state index in [0.717, 1.165) is 55.3 Å². The number of carbonyl (C=O) groups excluding carboxylic acids is 2. The molecule has 2 aromatic rings. The van der Waals surface area contributed by atoms with Crippen LogP contribution in [0.2, 0.25) is 0 Å². The smallest absolute Gasteiger partial charge is 0.275 e. The van der Waals surface area contributed by atoms with E-state index in [-0.39, 0.29) is 18.4 Å². The van der Waals surface area contributed by atoms with Gasteiger partial charge < -0.3 is 25.2 Å². The van der Waals surface area contributed by atoms with Crippen LogP contribution in [-0.2, 0) is 16.0 Å². The summed E-state index contributed by atoms with van der Waals surface area (Å²) >= 11 is 0. The molecule has 31 heavy (non-hydrogen) atoms. The van der Waals surface area contributed by atoms with Crippen molar-refractivity contribution in [3.8, 4) is 5.75 Å². The highest BCUT2D eigenvalue weighted by molar-refractivity contribution is 5.95. The second-order valence-corrected chi connectivity index (χ2v) is 7.65. The van der Waals surface area contributed by atoms with Crippen molar-refractivity contribution in [2.75, 3.05) is 56.1 Å². The zero-order valence-corrected chi connectivity index (χ0v) is 18.4. The molecule has 1 saturated heterocycles. The van der Waals surface area contributed by atoms with Gasteiger partial charge in [0.1, 0.15) is 5.75 Å². The van der Waals surface area contributed by atoms with Crippen molar-refractivity contribution >= 4 is 23.2 Å². The molecule has 0 spiro atoms. The first-order valence-electron chi connectivity index (χ1n) is 11.1. The number of hydrogen-bond acceptors (Lipinski definition) is 4. The highest BCUT2D eigenvalue weighted by atomic mass is 16.5. The maximum atomic E-state index is 12.3. The summed E-state index contributed by atoms with van der Waals surface area (Å²) in [6.45, 7) is 8.48. The van der Waals surface area contributed by atoms with Crippen molar-refractivity contribution in [1.82, 2.24) is 5.32 Å². The van der Waals surface area contributed by atoms with Crippen LogP contribution < -0.4 is 25.2 Å². The van der Waals surface area contributed by atoms with Crippen molar-refractivity contribution in [2.45, 2.75) is 20.3 Å². The SMILES string of the molecule is CCOc1ccccc1N1CC[NH+](CC(=O)NCC(=O)Nc2ccccc2CC)CC1. The fourth-order valence-electron chi connectivity index (χ4n) is 3.85. The first-order valence-corrected chi connectivity index (χ1v) is 11.1. The first kappa shape index (κ1) is 22.6. The van der Waals surface area contributed by atoms with Gasteiger partial charge in [-0.25, -0.2) is 0 Å². The molecule has 7 nitrogen and oxygen atoms in total. The van der Waals surface area contributed by atoms with Crippen LogP contribution in [0.5, 0.6) is 5.75 Å². The van der Waals surface area contributed by atoms with Crippen molar-refractivity contribution in [1.29, 1.82) is 0 Å². The second-order valence-electron chi connectivity index (χ2n) is 7.65. The minimum Gasteiger partial charge on any atom is -0.492 e. The second kappa shape index (κ2) is 11.4. The molecule has 0 aliphatic carbocycles. The number of piperazine rings is 1. The average Bonchev–Trinajstić information content (AvgIpc) is 2.79. The molecule has 3 N–H and O–H groups in total. The predicted octanol–water partition coefficient (Wildman–Crippen LogP) is 1.11. The molecule has 1 fully saturated rings. The Kier molecular flexibility index (Phi) is 8.29. The number of quaternary nitrogens is 1. The number of rotatable bonds is 9. The van der Waals surface area contributed by atoms with Crippen molar-refractivity contribution in [3.05, 3.63) is 54.1 Å². The molecular formula is C24H33N4O3+. The number of nitrogens with zero attached hydrogens (tertiary/aromatic N) is 1. The number of aryl methyl sites for hydroxylation is 1. The highest BCUT2D eigenvalue weighted by Gasteiger charge is 2.24. The standard InChI is InChI=1S/C24H32N4O3/c1-3-19-9-5-6-10-20(19)26-23(29)17-25-24(30)18-27-13-15-28(16-14-27)21-11-7-8-12-22(21)31-4-2/h5-12H,3-4,13-18H2,1-2H3,(H,25,30)(H,26,29)/p+1. The molecular weight excluding hydrogens is 392 g/mol. The molecule has 3 rings (SSSR count). The van der Waals surface area contributed by atoms with Crippen LogP contribution in [0.3, 0.4) is 0 Å². The Morgan fingerprint density at radius 3 is 2.45 bits per heavy atom. The monoisotopic (exact) mass is 425 g/mol. The minimum atomic E-state index is -0.207. The lowest BCUT2D eigenvalue weighted by Crippen LogP contribution is -3.16. The minimum absolute atomic E-state index is 0.0159. The molecule has 166 valence electrons. The lowest BCUT2D eigenvalue weighted by molar-refractivity contribution is -0.892.